The zero-order valence-electron chi connectivity index (χ0n) is 26.3. The van der Waals surface area contributed by atoms with E-state index in [1.54, 1.807) is 42.5 Å². The van der Waals surface area contributed by atoms with Crippen molar-refractivity contribution in [1.29, 1.82) is 0 Å². The molecular formula is C39H34N4O3S. The minimum Gasteiger partial charge on any atom is -0.378 e. The number of para-hydroxylation sites is 2. The fourth-order valence-corrected chi connectivity index (χ4v) is 6.30. The fourth-order valence-electron chi connectivity index (χ4n) is 5.39. The van der Waals surface area contributed by atoms with Gasteiger partial charge in [-0.1, -0.05) is 66.7 Å². The second-order valence-electron chi connectivity index (χ2n) is 11.3. The Labute approximate surface area is 277 Å². The van der Waals surface area contributed by atoms with Gasteiger partial charge in [-0.15, -0.1) is 11.8 Å². The van der Waals surface area contributed by atoms with Crippen molar-refractivity contribution < 1.29 is 14.4 Å². The second-order valence-corrected chi connectivity index (χ2v) is 12.7. The Morgan fingerprint density at radius 1 is 0.723 bits per heavy atom. The first-order valence-electron chi connectivity index (χ1n) is 15.2. The van der Waals surface area contributed by atoms with Crippen LogP contribution in [-0.2, 0) is 4.79 Å². The lowest BCUT2D eigenvalue weighted by atomic mass is 10.1. The van der Waals surface area contributed by atoms with Crippen molar-refractivity contribution >= 4 is 68.7 Å². The standard InChI is InChI=1S/C39H34N4O3S/c1-26(39(46)43-35-15-9-7-13-32(35)33-14-8-10-16-36(33)43)47-31-23-19-29(20-24-31)40-38(45)34(41-37(44)28-11-5-4-6-12-28)25-27-17-21-30(22-18-27)42(2)3/h4-26H,1-3H3,(H,40,45)(H,41,44)/b34-25-. The number of thioether (sulfide) groups is 1. The topological polar surface area (TPSA) is 83.4 Å². The van der Waals surface area contributed by atoms with E-state index in [2.05, 4.69) is 10.6 Å². The monoisotopic (exact) mass is 638 g/mol. The van der Waals surface area contributed by atoms with Gasteiger partial charge >= 0.3 is 0 Å². The molecule has 7 nitrogen and oxygen atoms in total. The summed E-state index contributed by atoms with van der Waals surface area (Å²) in [6, 6.07) is 39.7. The van der Waals surface area contributed by atoms with Crippen LogP contribution >= 0.6 is 11.8 Å². The maximum absolute atomic E-state index is 13.8. The Morgan fingerprint density at radius 2 is 1.30 bits per heavy atom. The summed E-state index contributed by atoms with van der Waals surface area (Å²) in [6.45, 7) is 1.91. The molecule has 0 spiro atoms. The van der Waals surface area contributed by atoms with Gasteiger partial charge in [-0.2, -0.15) is 0 Å². The number of carbonyl (C=O) groups excluding carboxylic acids is 3. The van der Waals surface area contributed by atoms with Crippen molar-refractivity contribution in [2.45, 2.75) is 17.1 Å². The van der Waals surface area contributed by atoms with Gasteiger partial charge in [0.15, 0.2) is 0 Å². The number of amides is 2. The van der Waals surface area contributed by atoms with Crippen molar-refractivity contribution in [3.63, 3.8) is 0 Å². The third kappa shape index (κ3) is 6.98. The molecule has 2 N–H and O–H groups in total. The number of rotatable bonds is 9. The van der Waals surface area contributed by atoms with Gasteiger partial charge in [0.1, 0.15) is 5.70 Å². The normalized spacial score (nSPS) is 12.1. The molecule has 5 aromatic carbocycles. The summed E-state index contributed by atoms with van der Waals surface area (Å²) in [7, 11) is 3.91. The fraction of sp³-hybridized carbons (Fsp3) is 0.103. The first-order chi connectivity index (χ1) is 22.8. The Balaban J connectivity index is 1.18. The second kappa shape index (κ2) is 13.8. The molecule has 8 heteroatoms. The van der Waals surface area contributed by atoms with Crippen LogP contribution in [0.4, 0.5) is 11.4 Å². The maximum Gasteiger partial charge on any atom is 0.272 e. The molecule has 0 fully saturated rings. The summed E-state index contributed by atoms with van der Waals surface area (Å²) in [4.78, 5) is 43.1. The van der Waals surface area contributed by atoms with Gasteiger partial charge in [-0.25, -0.2) is 0 Å². The Hall–Kier alpha value is -5.60. The molecule has 0 aliphatic carbocycles. The van der Waals surface area contributed by atoms with Crippen LogP contribution in [0.25, 0.3) is 27.9 Å². The third-order valence-electron chi connectivity index (χ3n) is 7.82. The maximum atomic E-state index is 13.8. The molecule has 47 heavy (non-hydrogen) atoms. The van der Waals surface area contributed by atoms with Gasteiger partial charge in [0.2, 0.25) is 5.91 Å². The average molecular weight is 639 g/mol. The third-order valence-corrected chi connectivity index (χ3v) is 8.92. The molecule has 0 radical (unpaired) electrons. The van der Waals surface area contributed by atoms with Crippen molar-refractivity contribution in [1.82, 2.24) is 9.88 Å². The van der Waals surface area contributed by atoms with Crippen LogP contribution < -0.4 is 15.5 Å². The lowest BCUT2D eigenvalue weighted by Gasteiger charge is -2.14. The van der Waals surface area contributed by atoms with Crippen LogP contribution in [0.3, 0.4) is 0 Å². The number of fused-ring (bicyclic) bond motifs is 3. The van der Waals surface area contributed by atoms with Crippen molar-refractivity contribution in [3.05, 3.63) is 144 Å². The summed E-state index contributed by atoms with van der Waals surface area (Å²) >= 11 is 1.46. The van der Waals surface area contributed by atoms with Crippen LogP contribution in [0.2, 0.25) is 0 Å². The molecule has 0 aliphatic rings. The van der Waals surface area contributed by atoms with Crippen molar-refractivity contribution in [3.8, 4) is 0 Å². The van der Waals surface area contributed by atoms with E-state index in [0.29, 0.717) is 11.3 Å². The van der Waals surface area contributed by atoms with Crippen LogP contribution in [-0.4, -0.2) is 41.6 Å². The highest BCUT2D eigenvalue weighted by Crippen LogP contribution is 2.32. The number of nitrogens with zero attached hydrogens (tertiary/aromatic N) is 2. The number of benzene rings is 5. The van der Waals surface area contributed by atoms with Gasteiger partial charge < -0.3 is 15.5 Å². The van der Waals surface area contributed by atoms with E-state index in [-0.39, 0.29) is 22.8 Å². The molecule has 0 aliphatic heterocycles. The predicted octanol–water partition coefficient (Wildman–Crippen LogP) is 8.09. The van der Waals surface area contributed by atoms with E-state index in [4.69, 9.17) is 0 Å². The molecule has 0 saturated heterocycles. The molecule has 6 aromatic rings. The number of aromatic nitrogens is 1. The Bertz CT molecular complexity index is 2050. The molecular weight excluding hydrogens is 605 g/mol. The summed E-state index contributed by atoms with van der Waals surface area (Å²) in [6.07, 6.45) is 1.65. The molecule has 6 rings (SSSR count). The molecule has 1 unspecified atom stereocenters. The van der Waals surface area contributed by atoms with Gasteiger partial charge in [0, 0.05) is 46.7 Å². The van der Waals surface area contributed by atoms with E-state index in [0.717, 1.165) is 38.0 Å². The van der Waals surface area contributed by atoms with Gasteiger partial charge in [-0.05, 0) is 79.2 Å². The van der Waals surface area contributed by atoms with Gasteiger partial charge in [0.25, 0.3) is 11.8 Å². The quantitative estimate of drug-likeness (QED) is 0.124. The highest BCUT2D eigenvalue weighted by molar-refractivity contribution is 8.00. The van der Waals surface area contributed by atoms with Gasteiger partial charge in [0.05, 0.1) is 16.3 Å². The minimum atomic E-state index is -0.457. The summed E-state index contributed by atoms with van der Waals surface area (Å²) in [5.74, 6) is -0.848. The SMILES string of the molecule is CC(Sc1ccc(NC(=O)/C(=C/c2ccc(N(C)C)cc2)NC(=O)c2ccccc2)cc1)C(=O)n1c2ccccc2c2ccccc21. The van der Waals surface area contributed by atoms with E-state index in [9.17, 15) is 14.4 Å². The number of hydrogen-bond acceptors (Lipinski definition) is 5. The zero-order chi connectivity index (χ0) is 32.9. The van der Waals surface area contributed by atoms with Gasteiger partial charge in [-0.3, -0.25) is 19.0 Å². The highest BCUT2D eigenvalue weighted by atomic mass is 32.2. The average Bonchev–Trinajstić information content (AvgIpc) is 3.43. The van der Waals surface area contributed by atoms with E-state index >= 15 is 0 Å². The Kier molecular flexibility index (Phi) is 9.22. The Morgan fingerprint density at radius 3 is 1.89 bits per heavy atom. The molecule has 1 aromatic heterocycles. The molecule has 1 heterocycles. The first kappa shape index (κ1) is 31.4. The smallest absolute Gasteiger partial charge is 0.272 e. The van der Waals surface area contributed by atoms with Crippen LogP contribution in [0.1, 0.15) is 27.6 Å². The molecule has 0 bridgehead atoms. The zero-order valence-corrected chi connectivity index (χ0v) is 27.1. The van der Waals surface area contributed by atoms with Crippen molar-refractivity contribution in [2.24, 2.45) is 0 Å². The van der Waals surface area contributed by atoms with E-state index < -0.39 is 5.91 Å². The van der Waals surface area contributed by atoms with E-state index in [1.807, 2.05) is 121 Å². The number of anilines is 2. The molecule has 1 atom stereocenters. The summed E-state index contributed by atoms with van der Waals surface area (Å²) < 4.78 is 1.81. The van der Waals surface area contributed by atoms with Crippen molar-refractivity contribution in [2.75, 3.05) is 24.3 Å². The number of hydrogen-bond donors (Lipinski definition) is 2. The molecule has 2 amide bonds. The highest BCUT2D eigenvalue weighted by Gasteiger charge is 2.22. The lowest BCUT2D eigenvalue weighted by molar-refractivity contribution is -0.113. The lowest BCUT2D eigenvalue weighted by Crippen LogP contribution is -2.30. The van der Waals surface area contributed by atoms with E-state index in [1.165, 1.54) is 11.8 Å². The largest absolute Gasteiger partial charge is 0.378 e. The van der Waals surface area contributed by atoms with Crippen LogP contribution in [0.5, 0.6) is 0 Å². The summed E-state index contributed by atoms with van der Waals surface area (Å²) in [5, 5.41) is 7.42. The molecule has 234 valence electrons. The number of nitrogens with one attached hydrogen (secondary N) is 2. The summed E-state index contributed by atoms with van der Waals surface area (Å²) in [5.41, 5.74) is 4.68. The van der Waals surface area contributed by atoms with Crippen LogP contribution in [0, 0.1) is 0 Å². The minimum absolute atomic E-state index is 0.00710. The first-order valence-corrected chi connectivity index (χ1v) is 16.1. The molecule has 0 saturated carbocycles. The number of carbonyl (C=O) groups is 3. The van der Waals surface area contributed by atoms with Crippen LogP contribution in [0.15, 0.2) is 138 Å². The predicted molar refractivity (Wildman–Crippen MR) is 193 cm³/mol.